The Morgan fingerprint density at radius 3 is 2.44 bits per heavy atom. The van der Waals surface area contributed by atoms with Gasteiger partial charge in [-0.05, 0) is 64.2 Å². The Labute approximate surface area is 183 Å². The molecule has 32 heavy (non-hydrogen) atoms. The van der Waals surface area contributed by atoms with Crippen molar-refractivity contribution >= 4 is 23.6 Å². The zero-order valence-electron chi connectivity index (χ0n) is 18.0. The third-order valence-corrected chi connectivity index (χ3v) is 5.97. The van der Waals surface area contributed by atoms with E-state index in [4.69, 9.17) is 10.00 Å². The molecule has 3 rings (SSSR count). The number of nitrogens with zero attached hydrogens (tertiary/aromatic N) is 3. The molecule has 2 fully saturated rings. The van der Waals surface area contributed by atoms with Crippen LogP contribution in [0.5, 0.6) is 0 Å². The second-order valence-corrected chi connectivity index (χ2v) is 8.46. The van der Waals surface area contributed by atoms with E-state index in [0.717, 1.165) is 42.7 Å². The van der Waals surface area contributed by atoms with E-state index in [9.17, 15) is 27.6 Å². The highest BCUT2D eigenvalue weighted by atomic mass is 19.4. The van der Waals surface area contributed by atoms with Gasteiger partial charge in [0.25, 0.3) is 5.91 Å². The number of rotatable bonds is 5. The molecule has 1 saturated heterocycles. The normalized spacial score (nSPS) is 19.9. The molecule has 10 heteroatoms. The Bertz CT molecular complexity index is 978. The van der Waals surface area contributed by atoms with Gasteiger partial charge in [-0.3, -0.25) is 9.69 Å². The number of ether oxygens (including phenoxy) is 1. The van der Waals surface area contributed by atoms with Gasteiger partial charge in [0.1, 0.15) is 17.7 Å². The first kappa shape index (κ1) is 23.6. The Hall–Kier alpha value is -3.09. The van der Waals surface area contributed by atoms with Crippen LogP contribution < -0.4 is 4.90 Å². The molecule has 0 N–H and O–H groups in total. The smallest absolute Gasteiger partial charge is 0.417 e. The SMILES string of the molecule is CCC(C(=O)OC1CCCC1)N1C(=O)N(c2ccc(C#N)c(C(F)(F)F)c2)C(=O)C1(C)C. The Morgan fingerprint density at radius 1 is 1.28 bits per heavy atom. The van der Waals surface area contributed by atoms with E-state index >= 15 is 0 Å². The van der Waals surface area contributed by atoms with Crippen molar-refractivity contribution in [3.8, 4) is 6.07 Å². The number of halogens is 3. The molecule has 2 aliphatic rings. The minimum Gasteiger partial charge on any atom is -0.461 e. The number of amides is 3. The fourth-order valence-corrected chi connectivity index (χ4v) is 4.27. The number of carbonyl (C=O) groups is 3. The lowest BCUT2D eigenvalue weighted by molar-refractivity contribution is -0.156. The molecule has 1 saturated carbocycles. The molecule has 0 aromatic heterocycles. The summed E-state index contributed by atoms with van der Waals surface area (Å²) in [6, 6.07) is 2.12. The van der Waals surface area contributed by atoms with Crippen molar-refractivity contribution < 1.29 is 32.3 Å². The minimum atomic E-state index is -4.85. The van der Waals surface area contributed by atoms with Crippen LogP contribution in [0.3, 0.4) is 0 Å². The first-order valence-electron chi connectivity index (χ1n) is 10.4. The van der Waals surface area contributed by atoms with Crippen LogP contribution in [0.2, 0.25) is 0 Å². The number of alkyl halides is 3. The van der Waals surface area contributed by atoms with Crippen molar-refractivity contribution in [2.24, 2.45) is 0 Å². The van der Waals surface area contributed by atoms with E-state index in [2.05, 4.69) is 0 Å². The van der Waals surface area contributed by atoms with Gasteiger partial charge in [0.05, 0.1) is 22.9 Å². The molecule has 1 heterocycles. The lowest BCUT2D eigenvalue weighted by Gasteiger charge is -2.34. The summed E-state index contributed by atoms with van der Waals surface area (Å²) in [5, 5.41) is 8.99. The standard InChI is InChI=1S/C22H24F3N3O4/c1-4-17(18(29)32-15-7-5-6-8-15)28-20(31)27(19(30)21(28,2)3)14-10-9-13(12-26)16(11-14)22(23,24)25/h9-11,15,17H,4-8H2,1-3H3. The molecule has 0 radical (unpaired) electrons. The van der Waals surface area contributed by atoms with Crippen LogP contribution in [-0.2, 0) is 20.5 Å². The van der Waals surface area contributed by atoms with Gasteiger partial charge in [0, 0.05) is 0 Å². The number of nitriles is 1. The molecule has 1 aliphatic carbocycles. The van der Waals surface area contributed by atoms with Crippen molar-refractivity contribution in [3.05, 3.63) is 29.3 Å². The molecule has 1 aromatic rings. The largest absolute Gasteiger partial charge is 0.461 e. The fraction of sp³-hybridized carbons (Fsp3) is 0.545. The average molecular weight is 451 g/mol. The van der Waals surface area contributed by atoms with Crippen molar-refractivity contribution in [1.29, 1.82) is 5.26 Å². The van der Waals surface area contributed by atoms with Gasteiger partial charge in [0.2, 0.25) is 0 Å². The van der Waals surface area contributed by atoms with Crippen LogP contribution in [0.15, 0.2) is 18.2 Å². The number of esters is 1. The summed E-state index contributed by atoms with van der Waals surface area (Å²) < 4.78 is 45.7. The molecule has 0 spiro atoms. The van der Waals surface area contributed by atoms with Gasteiger partial charge < -0.3 is 4.74 Å². The van der Waals surface area contributed by atoms with E-state index < -0.39 is 46.8 Å². The highest BCUT2D eigenvalue weighted by Crippen LogP contribution is 2.39. The summed E-state index contributed by atoms with van der Waals surface area (Å²) in [6.07, 6.45) is -1.57. The van der Waals surface area contributed by atoms with Crippen LogP contribution in [0.1, 0.15) is 64.0 Å². The van der Waals surface area contributed by atoms with Crippen LogP contribution in [0.25, 0.3) is 0 Å². The maximum absolute atomic E-state index is 13.4. The van der Waals surface area contributed by atoms with Gasteiger partial charge in [-0.15, -0.1) is 0 Å². The molecule has 1 unspecified atom stereocenters. The summed E-state index contributed by atoms with van der Waals surface area (Å²) in [7, 11) is 0. The van der Waals surface area contributed by atoms with Crippen molar-refractivity contribution in [2.75, 3.05) is 4.90 Å². The monoisotopic (exact) mass is 451 g/mol. The number of benzene rings is 1. The molecule has 1 aliphatic heterocycles. The van der Waals surface area contributed by atoms with E-state index in [-0.39, 0.29) is 18.2 Å². The van der Waals surface area contributed by atoms with Crippen molar-refractivity contribution in [2.45, 2.75) is 76.7 Å². The third-order valence-electron chi connectivity index (χ3n) is 5.97. The molecular formula is C22H24F3N3O4. The number of hydrogen-bond acceptors (Lipinski definition) is 5. The zero-order chi connectivity index (χ0) is 23.8. The van der Waals surface area contributed by atoms with Gasteiger partial charge in [-0.2, -0.15) is 18.4 Å². The van der Waals surface area contributed by atoms with Gasteiger partial charge in [-0.1, -0.05) is 6.92 Å². The topological polar surface area (TPSA) is 90.7 Å². The quantitative estimate of drug-likeness (QED) is 0.489. The molecule has 3 amide bonds. The third kappa shape index (κ3) is 4.04. The summed E-state index contributed by atoms with van der Waals surface area (Å²) in [6.45, 7) is 4.54. The molecular weight excluding hydrogens is 427 g/mol. The van der Waals surface area contributed by atoms with E-state index in [1.807, 2.05) is 0 Å². The Morgan fingerprint density at radius 2 is 1.91 bits per heavy atom. The maximum Gasteiger partial charge on any atom is 0.417 e. The number of urea groups is 1. The highest BCUT2D eigenvalue weighted by Gasteiger charge is 2.56. The van der Waals surface area contributed by atoms with Crippen LogP contribution >= 0.6 is 0 Å². The van der Waals surface area contributed by atoms with E-state index in [1.165, 1.54) is 19.9 Å². The van der Waals surface area contributed by atoms with E-state index in [1.54, 1.807) is 6.92 Å². The molecule has 1 aromatic carbocycles. The van der Waals surface area contributed by atoms with E-state index in [0.29, 0.717) is 11.0 Å². The van der Waals surface area contributed by atoms with Gasteiger partial charge in [-0.25, -0.2) is 14.5 Å². The first-order valence-corrected chi connectivity index (χ1v) is 10.4. The van der Waals surface area contributed by atoms with Crippen LogP contribution in [0.4, 0.5) is 23.7 Å². The van der Waals surface area contributed by atoms with Gasteiger partial charge >= 0.3 is 18.2 Å². The maximum atomic E-state index is 13.4. The average Bonchev–Trinajstić information content (AvgIpc) is 3.28. The van der Waals surface area contributed by atoms with Crippen molar-refractivity contribution in [3.63, 3.8) is 0 Å². The Balaban J connectivity index is 1.97. The van der Waals surface area contributed by atoms with Crippen LogP contribution in [-0.4, -0.2) is 40.5 Å². The van der Waals surface area contributed by atoms with Gasteiger partial charge in [0.15, 0.2) is 0 Å². The van der Waals surface area contributed by atoms with Crippen molar-refractivity contribution in [1.82, 2.24) is 4.90 Å². The predicted molar refractivity (Wildman–Crippen MR) is 107 cm³/mol. The lowest BCUT2D eigenvalue weighted by Crippen LogP contribution is -2.53. The lowest BCUT2D eigenvalue weighted by atomic mass is 10.00. The highest BCUT2D eigenvalue weighted by molar-refractivity contribution is 6.23. The number of imide groups is 1. The summed E-state index contributed by atoms with van der Waals surface area (Å²) >= 11 is 0. The second-order valence-electron chi connectivity index (χ2n) is 8.46. The molecule has 7 nitrogen and oxygen atoms in total. The number of anilines is 1. The second kappa shape index (κ2) is 8.45. The first-order chi connectivity index (χ1) is 14.9. The summed E-state index contributed by atoms with van der Waals surface area (Å²) in [5.41, 5.74) is -3.68. The zero-order valence-corrected chi connectivity index (χ0v) is 18.0. The molecule has 1 atom stereocenters. The minimum absolute atomic E-state index is 0.170. The van der Waals surface area contributed by atoms with Crippen LogP contribution in [0, 0.1) is 11.3 Å². The Kier molecular flexibility index (Phi) is 6.22. The summed E-state index contributed by atoms with van der Waals surface area (Å²) in [4.78, 5) is 40.9. The molecule has 0 bridgehead atoms. The number of hydrogen-bond donors (Lipinski definition) is 0. The fourth-order valence-electron chi connectivity index (χ4n) is 4.27. The number of carbonyl (C=O) groups excluding carboxylic acids is 3. The molecule has 172 valence electrons. The predicted octanol–water partition coefficient (Wildman–Crippen LogP) is 4.39. The summed E-state index contributed by atoms with van der Waals surface area (Å²) in [5.74, 6) is -1.40.